The van der Waals surface area contributed by atoms with Gasteiger partial charge in [-0.15, -0.1) is 0 Å². The first-order valence-electron chi connectivity index (χ1n) is 10.2. The number of carbonyl (C=O) groups excluding carboxylic acids is 2. The lowest BCUT2D eigenvalue weighted by atomic mass is 10.0. The molecule has 1 atom stereocenters. The van der Waals surface area contributed by atoms with Gasteiger partial charge in [-0.1, -0.05) is 6.07 Å². The maximum Gasteiger partial charge on any atom is 0.254 e. The molecule has 0 radical (unpaired) electrons. The number of rotatable bonds is 4. The van der Waals surface area contributed by atoms with E-state index in [0.717, 1.165) is 19.3 Å². The average molecular weight is 388 g/mol. The molecule has 7 nitrogen and oxygen atoms in total. The van der Waals surface area contributed by atoms with Gasteiger partial charge < -0.3 is 24.0 Å². The van der Waals surface area contributed by atoms with Crippen LogP contribution in [0.5, 0.6) is 5.75 Å². The maximum atomic E-state index is 12.6. The third-order valence-electron chi connectivity index (χ3n) is 5.71. The molecule has 3 aliphatic heterocycles. The van der Waals surface area contributed by atoms with Crippen LogP contribution in [0.4, 0.5) is 0 Å². The van der Waals surface area contributed by atoms with Crippen molar-refractivity contribution in [1.29, 1.82) is 0 Å². The number of nitrogens with zero attached hydrogens (tertiary/aromatic N) is 2. The molecule has 0 aliphatic carbocycles. The Balaban J connectivity index is 1.30. The average Bonchev–Trinajstić information content (AvgIpc) is 3.29. The summed E-state index contributed by atoms with van der Waals surface area (Å²) in [5, 5.41) is 0. The molecule has 0 N–H and O–H groups in total. The van der Waals surface area contributed by atoms with Gasteiger partial charge in [0.1, 0.15) is 11.9 Å². The number of likely N-dealkylation sites (tertiary alicyclic amines) is 1. The van der Waals surface area contributed by atoms with E-state index in [2.05, 4.69) is 0 Å². The van der Waals surface area contributed by atoms with Gasteiger partial charge >= 0.3 is 0 Å². The van der Waals surface area contributed by atoms with Crippen LogP contribution in [0.2, 0.25) is 0 Å². The predicted octanol–water partition coefficient (Wildman–Crippen LogP) is 1.57. The van der Waals surface area contributed by atoms with Gasteiger partial charge in [0.25, 0.3) is 5.91 Å². The topological polar surface area (TPSA) is 68.3 Å². The van der Waals surface area contributed by atoms with Crippen molar-refractivity contribution in [2.75, 3.05) is 52.6 Å². The standard InChI is InChI=1S/C21H28N2O5/c24-20(23-9-12-26-13-10-23)16-2-1-3-19(14-16)28-18-4-7-22(8-5-18)21(25)17-6-11-27-15-17/h1-3,14,17-18H,4-13,15H2. The van der Waals surface area contributed by atoms with Gasteiger partial charge in [0.15, 0.2) is 0 Å². The minimum absolute atomic E-state index is 0.0212. The highest BCUT2D eigenvalue weighted by molar-refractivity contribution is 5.94. The Bertz CT molecular complexity index is 690. The van der Waals surface area contributed by atoms with E-state index in [9.17, 15) is 9.59 Å². The highest BCUT2D eigenvalue weighted by atomic mass is 16.5. The summed E-state index contributed by atoms with van der Waals surface area (Å²) in [5.41, 5.74) is 0.647. The molecule has 152 valence electrons. The van der Waals surface area contributed by atoms with E-state index >= 15 is 0 Å². The number of hydrogen-bond acceptors (Lipinski definition) is 5. The second kappa shape index (κ2) is 8.92. The van der Waals surface area contributed by atoms with Crippen LogP contribution in [-0.4, -0.2) is 80.3 Å². The van der Waals surface area contributed by atoms with E-state index < -0.39 is 0 Å². The van der Waals surface area contributed by atoms with Gasteiger partial charge in [-0.3, -0.25) is 9.59 Å². The summed E-state index contributed by atoms with van der Waals surface area (Å²) in [4.78, 5) is 28.9. The molecule has 1 unspecified atom stereocenters. The lowest BCUT2D eigenvalue weighted by Crippen LogP contribution is -2.44. The van der Waals surface area contributed by atoms with Crippen molar-refractivity contribution < 1.29 is 23.8 Å². The van der Waals surface area contributed by atoms with E-state index in [1.165, 1.54) is 0 Å². The summed E-state index contributed by atoms with van der Waals surface area (Å²) in [7, 11) is 0. The van der Waals surface area contributed by atoms with Crippen LogP contribution in [0.3, 0.4) is 0 Å². The lowest BCUT2D eigenvalue weighted by molar-refractivity contribution is -0.137. The van der Waals surface area contributed by atoms with E-state index in [1.54, 1.807) is 0 Å². The van der Waals surface area contributed by atoms with Gasteiger partial charge in [0.05, 0.1) is 25.7 Å². The molecular weight excluding hydrogens is 360 g/mol. The van der Waals surface area contributed by atoms with Crippen LogP contribution in [0.25, 0.3) is 0 Å². The monoisotopic (exact) mass is 388 g/mol. The van der Waals surface area contributed by atoms with Gasteiger partial charge in [-0.25, -0.2) is 0 Å². The van der Waals surface area contributed by atoms with Crippen molar-refractivity contribution in [3.63, 3.8) is 0 Å². The minimum atomic E-state index is 0.0212. The normalized spacial score (nSPS) is 23.6. The third kappa shape index (κ3) is 4.47. The van der Waals surface area contributed by atoms with Crippen molar-refractivity contribution in [3.8, 4) is 5.75 Å². The van der Waals surface area contributed by atoms with Crippen LogP contribution in [-0.2, 0) is 14.3 Å². The summed E-state index contributed by atoms with van der Waals surface area (Å²) in [5.74, 6) is 0.982. The van der Waals surface area contributed by atoms with Crippen LogP contribution < -0.4 is 4.74 Å². The number of amides is 2. The number of piperidine rings is 1. The first-order chi connectivity index (χ1) is 13.7. The molecule has 0 saturated carbocycles. The van der Waals surface area contributed by atoms with E-state index in [0.29, 0.717) is 63.9 Å². The van der Waals surface area contributed by atoms with Crippen LogP contribution in [0.15, 0.2) is 24.3 Å². The van der Waals surface area contributed by atoms with E-state index in [1.807, 2.05) is 34.1 Å². The number of morpholine rings is 1. The van der Waals surface area contributed by atoms with E-state index in [-0.39, 0.29) is 23.8 Å². The van der Waals surface area contributed by atoms with Crippen molar-refractivity contribution in [3.05, 3.63) is 29.8 Å². The van der Waals surface area contributed by atoms with Crippen molar-refractivity contribution in [2.45, 2.75) is 25.4 Å². The highest BCUT2D eigenvalue weighted by Gasteiger charge is 2.31. The first kappa shape index (κ1) is 19.2. The Morgan fingerprint density at radius 3 is 2.43 bits per heavy atom. The third-order valence-corrected chi connectivity index (χ3v) is 5.71. The summed E-state index contributed by atoms with van der Waals surface area (Å²) in [6.45, 7) is 5.11. The Hall–Kier alpha value is -2.12. The number of ether oxygens (including phenoxy) is 3. The minimum Gasteiger partial charge on any atom is -0.490 e. The van der Waals surface area contributed by atoms with Crippen LogP contribution in [0.1, 0.15) is 29.6 Å². The fourth-order valence-electron chi connectivity index (χ4n) is 4.03. The molecule has 1 aromatic carbocycles. The molecule has 3 heterocycles. The van der Waals surface area contributed by atoms with Crippen molar-refractivity contribution >= 4 is 11.8 Å². The fourth-order valence-corrected chi connectivity index (χ4v) is 4.03. The van der Waals surface area contributed by atoms with Crippen LogP contribution >= 0.6 is 0 Å². The summed E-state index contributed by atoms with van der Waals surface area (Å²) in [6.07, 6.45) is 2.51. The van der Waals surface area contributed by atoms with E-state index in [4.69, 9.17) is 14.2 Å². The second-order valence-electron chi connectivity index (χ2n) is 7.64. The summed E-state index contributed by atoms with van der Waals surface area (Å²) < 4.78 is 16.8. The molecule has 0 spiro atoms. The molecule has 3 fully saturated rings. The molecule has 0 bridgehead atoms. The zero-order chi connectivity index (χ0) is 19.3. The molecule has 4 rings (SSSR count). The molecule has 0 aromatic heterocycles. The molecular formula is C21H28N2O5. The Morgan fingerprint density at radius 2 is 1.71 bits per heavy atom. The van der Waals surface area contributed by atoms with Gasteiger partial charge in [-0.2, -0.15) is 0 Å². The molecule has 2 amide bonds. The van der Waals surface area contributed by atoms with Gasteiger partial charge in [-0.05, 0) is 24.6 Å². The number of carbonyl (C=O) groups is 2. The SMILES string of the molecule is O=C(c1cccc(OC2CCN(C(=O)C3CCOC3)CC2)c1)N1CCOCC1. The highest BCUT2D eigenvalue weighted by Crippen LogP contribution is 2.23. The van der Waals surface area contributed by atoms with Gasteiger partial charge in [0, 0.05) is 51.2 Å². The Kier molecular flexibility index (Phi) is 6.12. The maximum absolute atomic E-state index is 12.6. The predicted molar refractivity (Wildman–Crippen MR) is 102 cm³/mol. The zero-order valence-electron chi connectivity index (χ0n) is 16.2. The largest absolute Gasteiger partial charge is 0.490 e. The smallest absolute Gasteiger partial charge is 0.254 e. The van der Waals surface area contributed by atoms with Crippen molar-refractivity contribution in [2.24, 2.45) is 5.92 Å². The number of benzene rings is 1. The fraction of sp³-hybridized carbons (Fsp3) is 0.619. The summed E-state index contributed by atoms with van der Waals surface area (Å²) >= 11 is 0. The lowest BCUT2D eigenvalue weighted by Gasteiger charge is -2.33. The van der Waals surface area contributed by atoms with Gasteiger partial charge in [0.2, 0.25) is 5.91 Å². The molecule has 3 saturated heterocycles. The Labute approximate surface area is 165 Å². The molecule has 7 heteroatoms. The number of hydrogen-bond donors (Lipinski definition) is 0. The van der Waals surface area contributed by atoms with Crippen LogP contribution in [0, 0.1) is 5.92 Å². The molecule has 1 aromatic rings. The quantitative estimate of drug-likeness (QED) is 0.783. The zero-order valence-corrected chi connectivity index (χ0v) is 16.2. The van der Waals surface area contributed by atoms with Crippen molar-refractivity contribution in [1.82, 2.24) is 9.80 Å². The Morgan fingerprint density at radius 1 is 0.929 bits per heavy atom. The second-order valence-corrected chi connectivity index (χ2v) is 7.64. The molecule has 3 aliphatic rings. The summed E-state index contributed by atoms with van der Waals surface area (Å²) in [6, 6.07) is 7.41. The first-order valence-corrected chi connectivity index (χ1v) is 10.2. The molecule has 28 heavy (non-hydrogen) atoms.